The van der Waals surface area contributed by atoms with Crippen LogP contribution in [0.4, 0.5) is 13.2 Å². The minimum absolute atomic E-state index is 0.0939. The van der Waals surface area contributed by atoms with Crippen LogP contribution in [0, 0.1) is 0 Å². The van der Waals surface area contributed by atoms with Gasteiger partial charge >= 0.3 is 6.18 Å². The fourth-order valence-corrected chi connectivity index (χ4v) is 4.20. The molecule has 2 aliphatic rings. The Morgan fingerprint density at radius 2 is 2.18 bits per heavy atom. The summed E-state index contributed by atoms with van der Waals surface area (Å²) in [5, 5.41) is 6.84. The lowest BCUT2D eigenvalue weighted by atomic mass is 9.86. The van der Waals surface area contributed by atoms with Crippen LogP contribution in [0.5, 0.6) is 0 Å². The molecule has 0 spiro atoms. The molecule has 33 heavy (non-hydrogen) atoms. The number of rotatable bonds is 5. The molecular weight excluding hydrogens is 445 g/mol. The molecule has 1 amide bonds. The second-order valence-electron chi connectivity index (χ2n) is 8.09. The minimum atomic E-state index is -4.82. The van der Waals surface area contributed by atoms with E-state index in [9.17, 15) is 18.0 Å². The number of alkyl halides is 3. The van der Waals surface area contributed by atoms with Crippen LogP contribution in [-0.2, 0) is 35.2 Å². The minimum Gasteiger partial charge on any atom is -0.455 e. The zero-order valence-electron chi connectivity index (χ0n) is 17.6. The molecule has 1 N–H and O–H groups in total. The first kappa shape index (κ1) is 21.7. The SMILES string of the molecule is CC1Cc2oc(C(=O)NCc3cocn3)c(C(F)(F)F)c2-c2nn(C[C@H]3COCCO3)cc21. The van der Waals surface area contributed by atoms with Crippen molar-refractivity contribution in [3.05, 3.63) is 47.2 Å². The van der Waals surface area contributed by atoms with Crippen molar-refractivity contribution < 1.29 is 36.3 Å². The van der Waals surface area contributed by atoms with Crippen LogP contribution in [0.3, 0.4) is 0 Å². The molecule has 0 radical (unpaired) electrons. The summed E-state index contributed by atoms with van der Waals surface area (Å²) in [5.41, 5.74) is -0.0865. The van der Waals surface area contributed by atoms with Gasteiger partial charge in [0.15, 0.2) is 6.39 Å². The van der Waals surface area contributed by atoms with Gasteiger partial charge in [-0.05, 0) is 5.92 Å². The third-order valence-electron chi connectivity index (χ3n) is 5.71. The number of halogens is 3. The van der Waals surface area contributed by atoms with Crippen molar-refractivity contribution in [1.29, 1.82) is 0 Å². The smallest absolute Gasteiger partial charge is 0.420 e. The number of carbonyl (C=O) groups is 1. The number of nitrogens with one attached hydrogen (secondary N) is 1. The molecule has 176 valence electrons. The van der Waals surface area contributed by atoms with Gasteiger partial charge in [-0.1, -0.05) is 6.92 Å². The van der Waals surface area contributed by atoms with E-state index in [4.69, 9.17) is 18.3 Å². The van der Waals surface area contributed by atoms with Gasteiger partial charge in [0.2, 0.25) is 5.76 Å². The van der Waals surface area contributed by atoms with E-state index < -0.39 is 23.4 Å². The Labute approximate surface area is 185 Å². The summed E-state index contributed by atoms with van der Waals surface area (Å²) in [5.74, 6) is -1.81. The standard InChI is InChI=1S/C21H21F3N4O5/c1-11-4-15-16(18-14(11)7-28(27-18)6-13-9-30-2-3-32-13)17(21(22,23)24)19(33-15)20(29)25-5-12-8-31-10-26-12/h7-8,10-11,13H,2-6,9H2,1H3,(H,25,29)/t11?,13-/m0/s1. The highest BCUT2D eigenvalue weighted by molar-refractivity contribution is 5.96. The fourth-order valence-electron chi connectivity index (χ4n) is 4.20. The van der Waals surface area contributed by atoms with Crippen molar-refractivity contribution in [1.82, 2.24) is 20.1 Å². The Bertz CT molecular complexity index is 1150. The Morgan fingerprint density at radius 1 is 1.33 bits per heavy atom. The van der Waals surface area contributed by atoms with Crippen molar-refractivity contribution in [2.45, 2.75) is 44.6 Å². The highest BCUT2D eigenvalue weighted by Gasteiger charge is 2.46. The van der Waals surface area contributed by atoms with E-state index in [1.807, 2.05) is 6.92 Å². The van der Waals surface area contributed by atoms with E-state index in [0.29, 0.717) is 37.6 Å². The van der Waals surface area contributed by atoms with Crippen LogP contribution < -0.4 is 5.32 Å². The molecule has 1 saturated heterocycles. The predicted molar refractivity (Wildman–Crippen MR) is 105 cm³/mol. The maximum atomic E-state index is 14.2. The molecule has 4 heterocycles. The van der Waals surface area contributed by atoms with Gasteiger partial charge in [0.25, 0.3) is 5.91 Å². The van der Waals surface area contributed by atoms with E-state index in [1.54, 1.807) is 10.9 Å². The predicted octanol–water partition coefficient (Wildman–Crippen LogP) is 3.15. The van der Waals surface area contributed by atoms with Gasteiger partial charge in [0.05, 0.1) is 49.9 Å². The summed E-state index contributed by atoms with van der Waals surface area (Å²) in [6, 6.07) is 0. The quantitative estimate of drug-likeness (QED) is 0.616. The van der Waals surface area contributed by atoms with Gasteiger partial charge in [0.1, 0.15) is 23.7 Å². The number of oxazole rings is 1. The van der Waals surface area contributed by atoms with Crippen LogP contribution in [0.1, 0.15) is 46.0 Å². The maximum absolute atomic E-state index is 14.2. The highest BCUT2D eigenvalue weighted by Crippen LogP contribution is 2.48. The number of hydrogen-bond acceptors (Lipinski definition) is 7. The lowest BCUT2D eigenvalue weighted by molar-refractivity contribution is -0.137. The molecule has 0 bridgehead atoms. The molecule has 0 aromatic carbocycles. The van der Waals surface area contributed by atoms with Crippen molar-refractivity contribution in [3.63, 3.8) is 0 Å². The van der Waals surface area contributed by atoms with Gasteiger partial charge in [-0.25, -0.2) is 4.98 Å². The van der Waals surface area contributed by atoms with Gasteiger partial charge < -0.3 is 23.6 Å². The Hall–Kier alpha value is -3.12. The second kappa shape index (κ2) is 8.34. The Balaban J connectivity index is 1.50. The van der Waals surface area contributed by atoms with E-state index in [0.717, 1.165) is 6.39 Å². The zero-order chi connectivity index (χ0) is 23.2. The Morgan fingerprint density at radius 3 is 2.88 bits per heavy atom. The number of ether oxygens (including phenoxy) is 2. The average Bonchev–Trinajstić information content (AvgIpc) is 3.50. The monoisotopic (exact) mass is 466 g/mol. The van der Waals surface area contributed by atoms with E-state index in [2.05, 4.69) is 15.4 Å². The number of furan rings is 1. The van der Waals surface area contributed by atoms with Crippen LogP contribution >= 0.6 is 0 Å². The number of nitrogens with zero attached hydrogens (tertiary/aromatic N) is 3. The molecule has 2 atom stereocenters. The molecule has 9 nitrogen and oxygen atoms in total. The first-order valence-corrected chi connectivity index (χ1v) is 10.5. The van der Waals surface area contributed by atoms with Gasteiger partial charge in [-0.3, -0.25) is 9.48 Å². The average molecular weight is 466 g/mol. The van der Waals surface area contributed by atoms with Crippen molar-refractivity contribution in [2.24, 2.45) is 0 Å². The van der Waals surface area contributed by atoms with Crippen LogP contribution in [0.25, 0.3) is 11.3 Å². The normalized spacial score (nSPS) is 20.4. The lowest BCUT2D eigenvalue weighted by Gasteiger charge is -2.22. The summed E-state index contributed by atoms with van der Waals surface area (Å²) < 4.78 is 65.5. The topological polar surface area (TPSA) is 105 Å². The van der Waals surface area contributed by atoms with Crippen LogP contribution in [0.2, 0.25) is 0 Å². The number of carbonyl (C=O) groups excluding carboxylic acids is 1. The highest BCUT2D eigenvalue weighted by atomic mass is 19.4. The lowest BCUT2D eigenvalue weighted by Crippen LogP contribution is -2.32. The largest absolute Gasteiger partial charge is 0.455 e. The maximum Gasteiger partial charge on any atom is 0.420 e. The second-order valence-corrected chi connectivity index (χ2v) is 8.09. The third-order valence-corrected chi connectivity index (χ3v) is 5.71. The molecule has 3 aromatic heterocycles. The van der Waals surface area contributed by atoms with Gasteiger partial charge in [-0.2, -0.15) is 18.3 Å². The molecule has 1 aliphatic heterocycles. The van der Waals surface area contributed by atoms with E-state index >= 15 is 0 Å². The van der Waals surface area contributed by atoms with E-state index in [-0.39, 0.29) is 42.0 Å². The fraction of sp³-hybridized carbons (Fsp3) is 0.476. The number of fused-ring (bicyclic) bond motifs is 3. The summed E-state index contributed by atoms with van der Waals surface area (Å²) in [6.45, 7) is 3.49. The molecular formula is C21H21F3N4O5. The first-order valence-electron chi connectivity index (χ1n) is 10.5. The van der Waals surface area contributed by atoms with Crippen LogP contribution in [-0.4, -0.2) is 46.6 Å². The molecule has 1 aliphatic carbocycles. The van der Waals surface area contributed by atoms with Gasteiger partial charge in [0, 0.05) is 18.2 Å². The summed E-state index contributed by atoms with van der Waals surface area (Å²) in [6.07, 6.45) is -0.647. The van der Waals surface area contributed by atoms with Crippen molar-refractivity contribution in [2.75, 3.05) is 19.8 Å². The third kappa shape index (κ3) is 4.15. The number of amides is 1. The van der Waals surface area contributed by atoms with Gasteiger partial charge in [-0.15, -0.1) is 0 Å². The van der Waals surface area contributed by atoms with Crippen LogP contribution in [0.15, 0.2) is 27.7 Å². The molecule has 5 rings (SSSR count). The summed E-state index contributed by atoms with van der Waals surface area (Å²) >= 11 is 0. The molecule has 1 fully saturated rings. The molecule has 1 unspecified atom stereocenters. The summed E-state index contributed by atoms with van der Waals surface area (Å²) in [7, 11) is 0. The van der Waals surface area contributed by atoms with Crippen molar-refractivity contribution in [3.8, 4) is 11.3 Å². The first-order chi connectivity index (χ1) is 15.8. The summed E-state index contributed by atoms with van der Waals surface area (Å²) in [4.78, 5) is 16.5. The Kier molecular flexibility index (Phi) is 5.49. The van der Waals surface area contributed by atoms with E-state index in [1.165, 1.54) is 6.26 Å². The van der Waals surface area contributed by atoms with Crippen molar-refractivity contribution >= 4 is 5.91 Å². The number of hydrogen-bond donors (Lipinski definition) is 1. The molecule has 3 aromatic rings. The molecule has 12 heteroatoms. The number of aromatic nitrogens is 3. The molecule has 0 saturated carbocycles. The zero-order valence-corrected chi connectivity index (χ0v) is 17.6.